The van der Waals surface area contributed by atoms with Gasteiger partial charge in [-0.15, -0.1) is 0 Å². The second-order valence-electron chi connectivity index (χ2n) is 20.3. The van der Waals surface area contributed by atoms with Gasteiger partial charge in [0.2, 0.25) is 17.7 Å². The summed E-state index contributed by atoms with van der Waals surface area (Å²) < 4.78 is 14.2. The number of hydrogen-bond donors (Lipinski definition) is 3. The minimum atomic E-state index is -1.17. The van der Waals surface area contributed by atoms with Gasteiger partial charge in [0.1, 0.15) is 23.9 Å². The van der Waals surface area contributed by atoms with Crippen LogP contribution in [0.2, 0.25) is 0 Å². The lowest BCUT2D eigenvalue weighted by Crippen LogP contribution is -2.62. The van der Waals surface area contributed by atoms with E-state index >= 15 is 0 Å². The van der Waals surface area contributed by atoms with Crippen molar-refractivity contribution in [2.45, 2.75) is 105 Å². The van der Waals surface area contributed by atoms with Crippen LogP contribution in [0, 0.1) is 17.3 Å². The minimum Gasteiger partial charge on any atom is -0.508 e. The molecule has 3 aliphatic rings. The molecule has 2 aromatic heterocycles. The number of aryl methyl sites for hydroxylation is 1. The van der Waals surface area contributed by atoms with E-state index in [0.29, 0.717) is 63.1 Å². The van der Waals surface area contributed by atoms with E-state index < -0.39 is 47.2 Å². The number of likely N-dealkylation sites (N-methyl/N-ethyl adjacent to an activating group) is 1. The fourth-order valence-electron chi connectivity index (χ4n) is 10.4. The number of aromatic nitrogens is 2. The van der Waals surface area contributed by atoms with Crippen LogP contribution < -0.4 is 10.7 Å². The number of cyclic esters (lactones) is 1. The summed E-state index contributed by atoms with van der Waals surface area (Å²) in [5.74, 6) is -2.87. The van der Waals surface area contributed by atoms with Gasteiger partial charge in [-0.3, -0.25) is 34.0 Å². The molecule has 69 heavy (non-hydrogen) atoms. The third-order valence-electron chi connectivity index (χ3n) is 13.6. The van der Waals surface area contributed by atoms with Gasteiger partial charge in [-0.1, -0.05) is 46.4 Å². The molecule has 3 N–H and O–H groups in total. The first-order valence-corrected chi connectivity index (χ1v) is 24.2. The number of likely N-dealkylation sites (tertiary alicyclic amines) is 1. The largest absolute Gasteiger partial charge is 0.508 e. The number of carbonyl (C=O) groups is 5. The average molecular weight is 947 g/mol. The summed E-state index contributed by atoms with van der Waals surface area (Å²) in [6, 6.07) is 10.7. The molecule has 0 saturated carbocycles. The van der Waals surface area contributed by atoms with Crippen molar-refractivity contribution in [1.82, 2.24) is 40.0 Å². The Bertz CT molecular complexity index is 2600. The predicted octanol–water partition coefficient (Wildman–Crippen LogP) is 5.47. The SMILES string of the molecule is C=CC(=O)N1CC[C@H](C(=O)N(C)[C@H](C(=O)N[C@H]2Cc3cc(O)cc(c3)-c3ccc4c(c3)c(c(-c3cc(CN(C)C)cnc3COC)n4CC)CC(C)(C)COC(=O)[C@@H]3CCCN(N3)C2=O)C(C)C)C1. The zero-order valence-corrected chi connectivity index (χ0v) is 41.8. The molecule has 4 amide bonds. The number of hydrogen-bond acceptors (Lipinski definition) is 11. The first-order chi connectivity index (χ1) is 32.8. The highest BCUT2D eigenvalue weighted by Crippen LogP contribution is 2.42. The second kappa shape index (κ2) is 21.3. The fourth-order valence-corrected chi connectivity index (χ4v) is 10.4. The Labute approximate surface area is 406 Å². The zero-order chi connectivity index (χ0) is 49.9. The lowest BCUT2D eigenvalue weighted by Gasteiger charge is -2.37. The number of phenols is 1. The lowest BCUT2D eigenvalue weighted by atomic mass is 9.84. The van der Waals surface area contributed by atoms with E-state index in [4.69, 9.17) is 14.5 Å². The Morgan fingerprint density at radius 3 is 2.54 bits per heavy atom. The van der Waals surface area contributed by atoms with E-state index in [2.05, 4.69) is 65.8 Å². The third kappa shape index (κ3) is 11.2. The van der Waals surface area contributed by atoms with Crippen molar-refractivity contribution in [3.63, 3.8) is 0 Å². The van der Waals surface area contributed by atoms with Crippen LogP contribution in [0.4, 0.5) is 0 Å². The monoisotopic (exact) mass is 947 g/mol. The molecule has 4 atom stereocenters. The first-order valence-electron chi connectivity index (χ1n) is 24.2. The summed E-state index contributed by atoms with van der Waals surface area (Å²) in [6.07, 6.45) is 5.04. The maximum atomic E-state index is 14.8. The second-order valence-corrected chi connectivity index (χ2v) is 20.3. The van der Waals surface area contributed by atoms with Gasteiger partial charge < -0.3 is 39.2 Å². The summed E-state index contributed by atoms with van der Waals surface area (Å²) >= 11 is 0. The van der Waals surface area contributed by atoms with E-state index in [0.717, 1.165) is 44.5 Å². The number of benzene rings is 2. The highest BCUT2D eigenvalue weighted by molar-refractivity contribution is 5.96. The Morgan fingerprint density at radius 2 is 1.84 bits per heavy atom. The zero-order valence-electron chi connectivity index (χ0n) is 41.8. The van der Waals surface area contributed by atoms with Crippen molar-refractivity contribution in [3.05, 3.63) is 83.7 Å². The molecule has 16 nitrogen and oxygen atoms in total. The number of carbonyl (C=O) groups excluding carboxylic acids is 5. The van der Waals surface area contributed by atoms with Crippen molar-refractivity contribution >= 4 is 40.5 Å². The van der Waals surface area contributed by atoms with E-state index in [1.807, 2.05) is 46.3 Å². The van der Waals surface area contributed by atoms with Gasteiger partial charge in [-0.25, -0.2) is 5.43 Å². The van der Waals surface area contributed by atoms with Gasteiger partial charge in [-0.05, 0) is 117 Å². The fraction of sp³-hybridized carbons (Fsp3) is 0.509. The van der Waals surface area contributed by atoms with Crippen LogP contribution in [-0.2, 0) is 66.0 Å². The van der Waals surface area contributed by atoms with Gasteiger partial charge in [0, 0.05) is 81.4 Å². The smallest absolute Gasteiger partial charge is 0.324 e. The Balaban J connectivity index is 1.32. The highest BCUT2D eigenvalue weighted by atomic mass is 16.5. The molecule has 2 saturated heterocycles. The van der Waals surface area contributed by atoms with Crippen molar-refractivity contribution in [3.8, 4) is 28.1 Å². The van der Waals surface area contributed by atoms with Crippen molar-refractivity contribution < 1.29 is 38.6 Å². The number of ether oxygens (including phenoxy) is 2. The number of pyridine rings is 1. The number of aromatic hydroxyl groups is 1. The summed E-state index contributed by atoms with van der Waals surface area (Å²) in [6.45, 7) is 16.2. The van der Waals surface area contributed by atoms with Crippen molar-refractivity contribution in [1.29, 1.82) is 0 Å². The Hall–Kier alpha value is -6.10. The minimum absolute atomic E-state index is 0.0134. The van der Waals surface area contributed by atoms with Crippen LogP contribution in [-0.4, -0.2) is 137 Å². The number of fused-ring (bicyclic) bond motifs is 6. The Morgan fingerprint density at radius 1 is 1.07 bits per heavy atom. The molecule has 2 fully saturated rings. The standard InChI is InChI=1S/C53H70N8O8/c1-11-46(63)59-19-17-36(29-59)50(65)58(9)47(32(3)4)49(64)55-43-23-33-20-37(24-38(62)21-33)35-15-16-45-39(25-35)41(26-53(5,6)31-69-52(67)42-14-13-18-61(56-42)51(43)66)48(60(45)12-2)40-22-34(28-57(7)8)27-54-44(40)30-68-10/h11,15-16,20-22,24-25,27,32,36,42-43,47,56,62H,1,12-14,17-19,23,26,28-31H2,2-10H3,(H,55,64)/t36-,42-,43-,47-/m0/s1. The van der Waals surface area contributed by atoms with E-state index in [-0.39, 0.29) is 49.6 Å². The molecule has 2 aromatic carbocycles. The van der Waals surface area contributed by atoms with E-state index in [1.165, 1.54) is 16.0 Å². The van der Waals surface area contributed by atoms with E-state index in [9.17, 15) is 29.1 Å². The molecule has 5 heterocycles. The van der Waals surface area contributed by atoms with E-state index in [1.54, 1.807) is 31.2 Å². The topological polar surface area (TPSA) is 179 Å². The molecule has 370 valence electrons. The molecule has 3 aliphatic heterocycles. The lowest BCUT2D eigenvalue weighted by molar-refractivity contribution is -0.155. The summed E-state index contributed by atoms with van der Waals surface area (Å²) in [5, 5.41) is 16.8. The number of esters is 1. The maximum absolute atomic E-state index is 14.8. The molecule has 6 bridgehead atoms. The molecule has 7 rings (SSSR count). The van der Waals surface area contributed by atoms with Crippen LogP contribution in [0.5, 0.6) is 5.75 Å². The van der Waals surface area contributed by atoms with Gasteiger partial charge in [0.25, 0.3) is 5.91 Å². The summed E-state index contributed by atoms with van der Waals surface area (Å²) in [7, 11) is 7.30. The Kier molecular flexibility index (Phi) is 15.6. The molecule has 0 spiro atoms. The number of methoxy groups -OCH3 is 1. The molecule has 0 aliphatic carbocycles. The van der Waals surface area contributed by atoms with Crippen LogP contribution >= 0.6 is 0 Å². The summed E-state index contributed by atoms with van der Waals surface area (Å²) in [4.78, 5) is 79.6. The van der Waals surface area contributed by atoms with Gasteiger partial charge in [0.15, 0.2) is 0 Å². The summed E-state index contributed by atoms with van der Waals surface area (Å²) in [5.41, 5.74) is 10.6. The van der Waals surface area contributed by atoms with Gasteiger partial charge in [-0.2, -0.15) is 0 Å². The molecule has 16 heteroatoms. The number of phenolic OH excluding ortho intramolecular Hbond substituents is 1. The van der Waals surface area contributed by atoms with Crippen LogP contribution in [0.15, 0.2) is 61.3 Å². The number of hydrazine groups is 1. The number of nitrogens with one attached hydrogen (secondary N) is 2. The van der Waals surface area contributed by atoms with Crippen LogP contribution in [0.1, 0.15) is 76.3 Å². The molecular weight excluding hydrogens is 877 g/mol. The first kappa shape index (κ1) is 50.8. The molecular formula is C53H70N8O8. The van der Waals surface area contributed by atoms with Crippen LogP contribution in [0.25, 0.3) is 33.3 Å². The highest BCUT2D eigenvalue weighted by Gasteiger charge is 2.40. The third-order valence-corrected chi connectivity index (χ3v) is 13.6. The van der Waals surface area contributed by atoms with Gasteiger partial charge >= 0.3 is 5.97 Å². The number of rotatable bonds is 12. The number of amides is 4. The van der Waals surface area contributed by atoms with Crippen molar-refractivity contribution in [2.24, 2.45) is 17.3 Å². The predicted molar refractivity (Wildman–Crippen MR) is 264 cm³/mol. The molecule has 4 aromatic rings. The average Bonchev–Trinajstić information content (AvgIpc) is 3.92. The molecule has 0 unspecified atom stereocenters. The maximum Gasteiger partial charge on any atom is 0.324 e. The number of nitrogens with zero attached hydrogens (tertiary/aromatic N) is 6. The van der Waals surface area contributed by atoms with Crippen LogP contribution in [0.3, 0.4) is 0 Å². The molecule has 0 radical (unpaired) electrons. The quantitative estimate of drug-likeness (QED) is 0.121. The van der Waals surface area contributed by atoms with Gasteiger partial charge in [0.05, 0.1) is 30.5 Å². The van der Waals surface area contributed by atoms with Crippen molar-refractivity contribution in [2.75, 3.05) is 54.5 Å². The normalized spacial score (nSPS) is 20.2.